The van der Waals surface area contributed by atoms with E-state index in [4.69, 9.17) is 16.3 Å². The van der Waals surface area contributed by atoms with Gasteiger partial charge in [-0.25, -0.2) is 8.42 Å². The number of sulfonamides is 1. The molecule has 0 spiro atoms. The average molecular weight is 662 g/mol. The number of hydrogen-bond acceptors (Lipinski definition) is 5. The predicted molar refractivity (Wildman–Crippen MR) is 183 cm³/mol. The first-order chi connectivity index (χ1) is 22.1. The van der Waals surface area contributed by atoms with Crippen molar-refractivity contribution >= 4 is 39.1 Å². The second-order valence-electron chi connectivity index (χ2n) is 11.0. The molecule has 0 unspecified atom stereocenters. The van der Waals surface area contributed by atoms with Gasteiger partial charge in [0.1, 0.15) is 18.3 Å². The summed E-state index contributed by atoms with van der Waals surface area (Å²) in [5, 5.41) is 3.42. The molecule has 0 aliphatic heterocycles. The van der Waals surface area contributed by atoms with Crippen molar-refractivity contribution < 1.29 is 22.7 Å². The van der Waals surface area contributed by atoms with E-state index >= 15 is 0 Å². The molecular weight excluding hydrogens is 622 g/mol. The molecule has 10 heteroatoms. The van der Waals surface area contributed by atoms with Crippen LogP contribution in [0.15, 0.2) is 108 Å². The molecule has 0 aromatic heterocycles. The zero-order valence-corrected chi connectivity index (χ0v) is 27.9. The minimum Gasteiger partial charge on any atom is -0.497 e. The second-order valence-corrected chi connectivity index (χ2v) is 13.3. The maximum Gasteiger partial charge on any atom is 0.264 e. The van der Waals surface area contributed by atoms with Gasteiger partial charge in [0, 0.05) is 24.5 Å². The van der Waals surface area contributed by atoms with Gasteiger partial charge in [0.15, 0.2) is 0 Å². The average Bonchev–Trinajstić information content (AvgIpc) is 3.07. The monoisotopic (exact) mass is 661 g/mol. The van der Waals surface area contributed by atoms with Crippen LogP contribution in [0.3, 0.4) is 0 Å². The van der Waals surface area contributed by atoms with Gasteiger partial charge in [0.05, 0.1) is 17.7 Å². The lowest BCUT2D eigenvalue weighted by molar-refractivity contribution is -0.140. The number of hydrogen-bond donors (Lipinski definition) is 1. The first kappa shape index (κ1) is 34.5. The van der Waals surface area contributed by atoms with Crippen molar-refractivity contribution in [1.82, 2.24) is 10.2 Å². The molecule has 0 radical (unpaired) electrons. The van der Waals surface area contributed by atoms with E-state index in [1.54, 1.807) is 36.4 Å². The second kappa shape index (κ2) is 16.3. The van der Waals surface area contributed by atoms with Crippen molar-refractivity contribution in [3.05, 3.63) is 125 Å². The summed E-state index contributed by atoms with van der Waals surface area (Å²) in [6.07, 6.45) is 1.94. The van der Waals surface area contributed by atoms with E-state index in [-0.39, 0.29) is 29.5 Å². The van der Waals surface area contributed by atoms with Crippen LogP contribution in [0.5, 0.6) is 5.75 Å². The van der Waals surface area contributed by atoms with Crippen LogP contribution in [0.4, 0.5) is 5.69 Å². The third kappa shape index (κ3) is 9.11. The summed E-state index contributed by atoms with van der Waals surface area (Å²) in [6, 6.07) is 28.5. The minimum atomic E-state index is -4.23. The van der Waals surface area contributed by atoms with Gasteiger partial charge in [0.2, 0.25) is 11.8 Å². The Morgan fingerprint density at radius 1 is 0.870 bits per heavy atom. The highest BCUT2D eigenvalue weighted by Crippen LogP contribution is 2.27. The number of anilines is 1. The summed E-state index contributed by atoms with van der Waals surface area (Å²) in [6.45, 7) is 4.04. The first-order valence-corrected chi connectivity index (χ1v) is 17.0. The zero-order chi connectivity index (χ0) is 33.1. The van der Waals surface area contributed by atoms with E-state index in [9.17, 15) is 18.0 Å². The molecule has 0 saturated heterocycles. The Balaban J connectivity index is 1.78. The molecule has 1 atom stereocenters. The van der Waals surface area contributed by atoms with Gasteiger partial charge in [-0.2, -0.15) is 0 Å². The number of ether oxygens (including phenoxy) is 1. The maximum atomic E-state index is 14.5. The number of nitrogens with one attached hydrogen (secondary N) is 1. The highest BCUT2D eigenvalue weighted by atomic mass is 35.5. The van der Waals surface area contributed by atoms with Crippen LogP contribution in [0.2, 0.25) is 5.02 Å². The molecule has 1 N–H and O–H groups in total. The van der Waals surface area contributed by atoms with Crippen LogP contribution in [0, 0.1) is 6.92 Å². The predicted octanol–water partition coefficient (Wildman–Crippen LogP) is 6.41. The number of aryl methyl sites for hydroxylation is 1. The van der Waals surface area contributed by atoms with Crippen LogP contribution in [0.1, 0.15) is 36.5 Å². The number of methoxy groups -OCH3 is 1. The third-order valence-corrected chi connectivity index (χ3v) is 9.66. The molecular formula is C36H40ClN3O5S. The molecule has 242 valence electrons. The van der Waals surface area contributed by atoms with Crippen molar-refractivity contribution in [3.63, 3.8) is 0 Å². The minimum absolute atomic E-state index is 0.0146. The molecule has 0 saturated carbocycles. The highest BCUT2D eigenvalue weighted by molar-refractivity contribution is 7.92. The third-order valence-electron chi connectivity index (χ3n) is 7.62. The molecule has 2 amide bonds. The number of nitrogens with zero attached hydrogens (tertiary/aromatic N) is 2. The molecule has 46 heavy (non-hydrogen) atoms. The first-order valence-electron chi connectivity index (χ1n) is 15.2. The Morgan fingerprint density at radius 3 is 2.13 bits per heavy atom. The van der Waals surface area contributed by atoms with Crippen LogP contribution >= 0.6 is 11.6 Å². The Hall–Kier alpha value is -4.34. The largest absolute Gasteiger partial charge is 0.497 e. The van der Waals surface area contributed by atoms with Crippen LogP contribution in [-0.4, -0.2) is 51.4 Å². The molecule has 8 nitrogen and oxygen atoms in total. The van der Waals surface area contributed by atoms with E-state index < -0.39 is 28.5 Å². The van der Waals surface area contributed by atoms with Gasteiger partial charge in [0.25, 0.3) is 10.0 Å². The van der Waals surface area contributed by atoms with Crippen molar-refractivity contribution in [2.24, 2.45) is 0 Å². The summed E-state index contributed by atoms with van der Waals surface area (Å²) in [5.74, 6) is -0.330. The van der Waals surface area contributed by atoms with Gasteiger partial charge < -0.3 is 15.0 Å². The van der Waals surface area contributed by atoms with Crippen molar-refractivity contribution in [3.8, 4) is 5.75 Å². The van der Waals surface area contributed by atoms with Gasteiger partial charge >= 0.3 is 0 Å². The van der Waals surface area contributed by atoms with Crippen LogP contribution < -0.4 is 14.4 Å². The fraction of sp³-hybridized carbons (Fsp3) is 0.278. The van der Waals surface area contributed by atoms with Crippen molar-refractivity contribution in [1.29, 1.82) is 0 Å². The summed E-state index contributed by atoms with van der Waals surface area (Å²) < 4.78 is 34.6. The number of carbonyl (C=O) groups excluding carboxylic acids is 2. The quantitative estimate of drug-likeness (QED) is 0.149. The van der Waals surface area contributed by atoms with E-state index in [1.165, 1.54) is 24.1 Å². The lowest BCUT2D eigenvalue weighted by atomic mass is 10.0. The normalized spacial score (nSPS) is 11.8. The van der Waals surface area contributed by atoms with Crippen molar-refractivity contribution in [2.45, 2.75) is 50.6 Å². The van der Waals surface area contributed by atoms with Crippen LogP contribution in [0.25, 0.3) is 0 Å². The Labute approximate surface area is 277 Å². The van der Waals surface area contributed by atoms with E-state index in [2.05, 4.69) is 5.32 Å². The Kier molecular flexibility index (Phi) is 12.2. The van der Waals surface area contributed by atoms with E-state index in [0.29, 0.717) is 17.3 Å². The molecule has 4 aromatic rings. The topological polar surface area (TPSA) is 96.0 Å². The number of benzene rings is 4. The standard InChI is InChI=1S/C36H40ClN3O5S/c1-4-5-23-38-36(42)34(24-28-9-7-6-8-10-28)39(25-29-13-11-27(2)12-14-29)35(41)26-40(31-17-15-30(37)16-18-31)46(43,44)33-21-19-32(45-3)20-22-33/h6-22,34H,4-5,23-26H2,1-3H3,(H,38,42)/t34-/m1/s1. The van der Waals surface area contributed by atoms with E-state index in [0.717, 1.165) is 33.8 Å². The van der Waals surface area contributed by atoms with Gasteiger partial charge in [-0.05, 0) is 73.0 Å². The zero-order valence-electron chi connectivity index (χ0n) is 26.4. The Bertz CT molecular complexity index is 1680. The number of rotatable bonds is 15. The fourth-order valence-corrected chi connectivity index (χ4v) is 6.50. The van der Waals surface area contributed by atoms with Gasteiger partial charge in [-0.3, -0.25) is 13.9 Å². The molecule has 0 fully saturated rings. The Morgan fingerprint density at radius 2 is 1.52 bits per heavy atom. The maximum absolute atomic E-state index is 14.5. The lowest BCUT2D eigenvalue weighted by Gasteiger charge is -2.34. The number of amides is 2. The van der Waals surface area contributed by atoms with Crippen LogP contribution in [-0.2, 0) is 32.6 Å². The molecule has 0 aliphatic rings. The number of unbranched alkanes of at least 4 members (excludes halogenated alkanes) is 1. The van der Waals surface area contributed by atoms with Crippen molar-refractivity contribution in [2.75, 3.05) is 24.5 Å². The SMILES string of the molecule is CCCCNC(=O)[C@@H](Cc1ccccc1)N(Cc1ccc(C)cc1)C(=O)CN(c1ccc(Cl)cc1)S(=O)(=O)c1ccc(OC)cc1. The fourth-order valence-electron chi connectivity index (χ4n) is 4.96. The highest BCUT2D eigenvalue weighted by Gasteiger charge is 2.34. The molecule has 4 aromatic carbocycles. The summed E-state index contributed by atoms with van der Waals surface area (Å²) in [7, 11) is -2.74. The number of halogens is 1. The molecule has 0 aliphatic carbocycles. The molecule has 4 rings (SSSR count). The number of carbonyl (C=O) groups is 2. The summed E-state index contributed by atoms with van der Waals surface area (Å²) in [4.78, 5) is 29.8. The van der Waals surface area contributed by atoms with Gasteiger partial charge in [-0.15, -0.1) is 0 Å². The van der Waals surface area contributed by atoms with E-state index in [1.807, 2.05) is 68.4 Å². The molecule has 0 heterocycles. The molecule has 0 bridgehead atoms. The van der Waals surface area contributed by atoms with Gasteiger partial charge in [-0.1, -0.05) is 85.1 Å². The summed E-state index contributed by atoms with van der Waals surface area (Å²) >= 11 is 6.14. The summed E-state index contributed by atoms with van der Waals surface area (Å²) in [5.41, 5.74) is 3.00. The lowest BCUT2D eigenvalue weighted by Crippen LogP contribution is -2.53. The smallest absolute Gasteiger partial charge is 0.264 e.